The Morgan fingerprint density at radius 3 is 2.78 bits per heavy atom. The summed E-state index contributed by atoms with van der Waals surface area (Å²) in [7, 11) is 0. The van der Waals surface area contributed by atoms with Gasteiger partial charge in [-0.05, 0) is 38.6 Å². The average Bonchev–Trinajstić information content (AvgIpc) is 2.69. The van der Waals surface area contributed by atoms with Crippen molar-refractivity contribution in [3.63, 3.8) is 0 Å². The van der Waals surface area contributed by atoms with E-state index in [0.717, 1.165) is 19.3 Å². The minimum absolute atomic E-state index is 0.0605. The van der Waals surface area contributed by atoms with Gasteiger partial charge in [0.2, 0.25) is 5.91 Å². The van der Waals surface area contributed by atoms with Gasteiger partial charge in [-0.1, -0.05) is 13.3 Å². The first kappa shape index (κ1) is 15.0. The summed E-state index contributed by atoms with van der Waals surface area (Å²) in [5.41, 5.74) is 4.68. The number of carbonyl (C=O) groups is 2. The van der Waals surface area contributed by atoms with Crippen molar-refractivity contribution in [2.24, 2.45) is 17.1 Å². The van der Waals surface area contributed by atoms with Crippen LogP contribution in [0.15, 0.2) is 0 Å². The maximum Gasteiger partial charge on any atom is 0.311 e. The van der Waals surface area contributed by atoms with E-state index in [1.807, 2.05) is 6.92 Å². The van der Waals surface area contributed by atoms with Crippen LogP contribution in [-0.4, -0.2) is 29.6 Å². The van der Waals surface area contributed by atoms with Crippen molar-refractivity contribution < 1.29 is 14.7 Å². The molecule has 1 rings (SSSR count). The van der Waals surface area contributed by atoms with Crippen molar-refractivity contribution in [3.8, 4) is 0 Å². The maximum atomic E-state index is 11.8. The van der Waals surface area contributed by atoms with Gasteiger partial charge in [0.25, 0.3) is 0 Å². The molecule has 0 aromatic rings. The van der Waals surface area contributed by atoms with E-state index >= 15 is 0 Å². The highest BCUT2D eigenvalue weighted by Gasteiger charge is 2.45. The zero-order chi connectivity index (χ0) is 13.8. The van der Waals surface area contributed by atoms with Gasteiger partial charge >= 0.3 is 5.97 Å². The largest absolute Gasteiger partial charge is 0.481 e. The predicted octanol–water partition coefficient (Wildman–Crippen LogP) is 1.12. The van der Waals surface area contributed by atoms with E-state index in [1.54, 1.807) is 6.92 Å². The third-order valence-electron chi connectivity index (χ3n) is 4.05. The molecular weight excluding hydrogens is 232 g/mol. The van der Waals surface area contributed by atoms with Crippen molar-refractivity contribution in [2.45, 2.75) is 52.0 Å². The SMILES string of the molecule is CC(CN)CCC(=O)NC1CCCC1(C)C(=O)O. The van der Waals surface area contributed by atoms with Crippen LogP contribution in [0.1, 0.15) is 46.0 Å². The molecule has 0 saturated heterocycles. The molecule has 0 radical (unpaired) electrons. The minimum atomic E-state index is -0.819. The van der Waals surface area contributed by atoms with Crippen LogP contribution < -0.4 is 11.1 Å². The van der Waals surface area contributed by atoms with E-state index in [2.05, 4.69) is 5.32 Å². The zero-order valence-electron chi connectivity index (χ0n) is 11.2. The lowest BCUT2D eigenvalue weighted by Crippen LogP contribution is -2.47. The minimum Gasteiger partial charge on any atom is -0.481 e. The van der Waals surface area contributed by atoms with Crippen molar-refractivity contribution in [3.05, 3.63) is 0 Å². The average molecular weight is 256 g/mol. The molecule has 104 valence electrons. The van der Waals surface area contributed by atoms with Gasteiger partial charge in [0.15, 0.2) is 0 Å². The Balaban J connectivity index is 2.46. The van der Waals surface area contributed by atoms with Crippen molar-refractivity contribution in [1.82, 2.24) is 5.32 Å². The molecule has 0 aliphatic heterocycles. The molecule has 0 aromatic carbocycles. The lowest BCUT2D eigenvalue weighted by atomic mass is 9.85. The molecular formula is C13H24N2O3. The number of hydrogen-bond donors (Lipinski definition) is 3. The summed E-state index contributed by atoms with van der Waals surface area (Å²) < 4.78 is 0. The summed E-state index contributed by atoms with van der Waals surface area (Å²) in [6, 6.07) is -0.240. The molecule has 3 atom stereocenters. The van der Waals surface area contributed by atoms with Crippen LogP contribution in [0, 0.1) is 11.3 Å². The molecule has 1 amide bonds. The number of amides is 1. The van der Waals surface area contributed by atoms with Gasteiger partial charge in [0, 0.05) is 12.5 Å². The number of rotatable bonds is 6. The van der Waals surface area contributed by atoms with E-state index in [1.165, 1.54) is 0 Å². The summed E-state index contributed by atoms with van der Waals surface area (Å²) in [5.74, 6) is -0.555. The fraction of sp³-hybridized carbons (Fsp3) is 0.846. The molecule has 0 spiro atoms. The Bertz CT molecular complexity index is 319. The van der Waals surface area contributed by atoms with E-state index in [0.29, 0.717) is 25.3 Å². The second-order valence-corrected chi connectivity index (χ2v) is 5.61. The fourth-order valence-electron chi connectivity index (χ4n) is 2.42. The van der Waals surface area contributed by atoms with E-state index in [4.69, 9.17) is 5.73 Å². The number of carboxylic acids is 1. The molecule has 1 aliphatic carbocycles. The van der Waals surface area contributed by atoms with Crippen LogP contribution in [0.4, 0.5) is 0 Å². The predicted molar refractivity (Wildman–Crippen MR) is 69.0 cm³/mol. The molecule has 1 saturated carbocycles. The topological polar surface area (TPSA) is 92.4 Å². The van der Waals surface area contributed by atoms with Crippen LogP contribution in [0.25, 0.3) is 0 Å². The Hall–Kier alpha value is -1.10. The molecule has 3 unspecified atom stereocenters. The van der Waals surface area contributed by atoms with Crippen molar-refractivity contribution >= 4 is 11.9 Å². The number of hydrogen-bond acceptors (Lipinski definition) is 3. The lowest BCUT2D eigenvalue weighted by Gasteiger charge is -2.27. The number of nitrogens with one attached hydrogen (secondary N) is 1. The normalized spacial score (nSPS) is 28.9. The molecule has 5 nitrogen and oxygen atoms in total. The summed E-state index contributed by atoms with van der Waals surface area (Å²) in [6.07, 6.45) is 3.41. The van der Waals surface area contributed by atoms with Gasteiger partial charge in [-0.15, -0.1) is 0 Å². The second-order valence-electron chi connectivity index (χ2n) is 5.61. The smallest absolute Gasteiger partial charge is 0.311 e. The summed E-state index contributed by atoms with van der Waals surface area (Å²) in [4.78, 5) is 23.0. The Morgan fingerprint density at radius 1 is 1.56 bits per heavy atom. The molecule has 1 fully saturated rings. The zero-order valence-corrected chi connectivity index (χ0v) is 11.2. The second kappa shape index (κ2) is 6.18. The van der Waals surface area contributed by atoms with Gasteiger partial charge in [-0.2, -0.15) is 0 Å². The first-order valence-corrected chi connectivity index (χ1v) is 6.63. The Kier molecular flexibility index (Phi) is 5.14. The van der Waals surface area contributed by atoms with Crippen LogP contribution >= 0.6 is 0 Å². The van der Waals surface area contributed by atoms with Crippen LogP contribution in [0.5, 0.6) is 0 Å². The number of aliphatic carboxylic acids is 1. The monoisotopic (exact) mass is 256 g/mol. The third-order valence-corrected chi connectivity index (χ3v) is 4.05. The molecule has 1 aliphatic rings. The van der Waals surface area contributed by atoms with Crippen LogP contribution in [0.3, 0.4) is 0 Å². The molecule has 0 aromatic heterocycles. The lowest BCUT2D eigenvalue weighted by molar-refractivity contribution is -0.149. The Morgan fingerprint density at radius 2 is 2.22 bits per heavy atom. The summed E-state index contributed by atoms with van der Waals surface area (Å²) in [6.45, 7) is 4.30. The maximum absolute atomic E-state index is 11.8. The van der Waals surface area contributed by atoms with Gasteiger partial charge < -0.3 is 16.2 Å². The summed E-state index contributed by atoms with van der Waals surface area (Å²) >= 11 is 0. The standard InChI is InChI=1S/C13H24N2O3/c1-9(8-14)5-6-11(16)15-10-4-3-7-13(10,2)12(17)18/h9-10H,3-8,14H2,1-2H3,(H,15,16)(H,17,18). The number of carbonyl (C=O) groups excluding carboxylic acids is 1. The molecule has 0 heterocycles. The van der Waals surface area contributed by atoms with Crippen molar-refractivity contribution in [2.75, 3.05) is 6.54 Å². The first-order chi connectivity index (χ1) is 8.40. The molecule has 4 N–H and O–H groups in total. The van der Waals surface area contributed by atoms with Gasteiger partial charge in [0.05, 0.1) is 5.41 Å². The first-order valence-electron chi connectivity index (χ1n) is 6.63. The highest BCUT2D eigenvalue weighted by molar-refractivity contribution is 5.80. The van der Waals surface area contributed by atoms with Gasteiger partial charge in [0.1, 0.15) is 0 Å². The Labute approximate surface area is 108 Å². The third kappa shape index (κ3) is 3.45. The van der Waals surface area contributed by atoms with E-state index < -0.39 is 11.4 Å². The van der Waals surface area contributed by atoms with Gasteiger partial charge in [-0.3, -0.25) is 9.59 Å². The highest BCUT2D eigenvalue weighted by atomic mass is 16.4. The van der Waals surface area contributed by atoms with Crippen molar-refractivity contribution in [1.29, 1.82) is 0 Å². The molecule has 5 heteroatoms. The number of carboxylic acid groups (broad SMARTS) is 1. The quantitative estimate of drug-likeness (QED) is 0.664. The highest BCUT2D eigenvalue weighted by Crippen LogP contribution is 2.38. The van der Waals surface area contributed by atoms with Gasteiger partial charge in [-0.25, -0.2) is 0 Å². The van der Waals surface area contributed by atoms with Crippen LogP contribution in [0.2, 0.25) is 0 Å². The molecule has 18 heavy (non-hydrogen) atoms. The van der Waals surface area contributed by atoms with E-state index in [-0.39, 0.29) is 11.9 Å². The van der Waals surface area contributed by atoms with Crippen LogP contribution in [-0.2, 0) is 9.59 Å². The number of nitrogens with two attached hydrogens (primary N) is 1. The molecule has 0 bridgehead atoms. The summed E-state index contributed by atoms with van der Waals surface area (Å²) in [5, 5.41) is 12.1. The fourth-order valence-corrected chi connectivity index (χ4v) is 2.42. The van der Waals surface area contributed by atoms with E-state index in [9.17, 15) is 14.7 Å².